The normalized spacial score (nSPS) is 10.2. The van der Waals surface area contributed by atoms with Gasteiger partial charge in [-0.15, -0.1) is 0 Å². The fourth-order valence-corrected chi connectivity index (χ4v) is 2.00. The van der Waals surface area contributed by atoms with E-state index in [-0.39, 0.29) is 5.56 Å². The van der Waals surface area contributed by atoms with Crippen molar-refractivity contribution in [3.05, 3.63) is 53.0 Å². The summed E-state index contributed by atoms with van der Waals surface area (Å²) in [5.74, 6) is -0.593. The van der Waals surface area contributed by atoms with Gasteiger partial charge in [0.25, 0.3) is 5.91 Å². The fraction of sp³-hybridized carbons (Fsp3) is 0.200. The maximum atomic E-state index is 13.3. The highest BCUT2D eigenvalue weighted by Gasteiger charge is 2.15. The van der Waals surface area contributed by atoms with Crippen molar-refractivity contribution >= 4 is 17.4 Å². The Morgan fingerprint density at radius 2 is 1.90 bits per heavy atom. The van der Waals surface area contributed by atoms with Crippen LogP contribution < -0.4 is 10.6 Å². The summed E-state index contributed by atoms with van der Waals surface area (Å²) in [5, 5.41) is 5.59. The van der Waals surface area contributed by atoms with Crippen LogP contribution in [0.25, 0.3) is 0 Å². The van der Waals surface area contributed by atoms with E-state index in [4.69, 9.17) is 0 Å². The number of pyridine rings is 1. The largest absolute Gasteiger partial charge is 0.372 e. The van der Waals surface area contributed by atoms with Gasteiger partial charge in [-0.2, -0.15) is 0 Å². The molecule has 1 heterocycles. The molecule has 0 saturated carbocycles. The maximum absolute atomic E-state index is 13.3. The second-order valence-corrected chi connectivity index (χ2v) is 4.52. The number of halogens is 1. The lowest BCUT2D eigenvalue weighted by molar-refractivity contribution is 0.102. The first-order valence-electron chi connectivity index (χ1n) is 6.23. The van der Waals surface area contributed by atoms with Crippen LogP contribution in [0, 0.1) is 19.7 Å². The molecule has 1 amide bonds. The predicted molar refractivity (Wildman–Crippen MR) is 77.6 cm³/mol. The topological polar surface area (TPSA) is 54.0 Å². The summed E-state index contributed by atoms with van der Waals surface area (Å²) < 4.78 is 13.3. The highest BCUT2D eigenvalue weighted by Crippen LogP contribution is 2.22. The Hall–Kier alpha value is -2.43. The molecule has 0 atom stereocenters. The molecule has 0 aliphatic rings. The lowest BCUT2D eigenvalue weighted by Crippen LogP contribution is -2.16. The zero-order valence-corrected chi connectivity index (χ0v) is 11.6. The number of benzene rings is 1. The molecule has 0 spiro atoms. The highest BCUT2D eigenvalue weighted by molar-refractivity contribution is 6.08. The van der Waals surface area contributed by atoms with E-state index in [0.717, 1.165) is 23.0 Å². The van der Waals surface area contributed by atoms with Gasteiger partial charge in [0, 0.05) is 12.7 Å². The third-order valence-corrected chi connectivity index (χ3v) is 3.06. The van der Waals surface area contributed by atoms with Gasteiger partial charge in [0.1, 0.15) is 11.6 Å². The molecule has 0 unspecified atom stereocenters. The number of nitrogens with zero attached hydrogens (tertiary/aromatic N) is 1. The zero-order valence-electron chi connectivity index (χ0n) is 11.6. The molecule has 0 fully saturated rings. The van der Waals surface area contributed by atoms with Crippen LogP contribution in [0.4, 0.5) is 15.9 Å². The fourth-order valence-electron chi connectivity index (χ4n) is 2.00. The SMILES string of the molecule is CNc1ncc(F)cc1C(=O)Nc1c(C)cccc1C. The lowest BCUT2D eigenvalue weighted by Gasteiger charge is -2.13. The van der Waals surface area contributed by atoms with Crippen molar-refractivity contribution in [1.82, 2.24) is 4.98 Å². The van der Waals surface area contributed by atoms with Crippen LogP contribution in [0.5, 0.6) is 0 Å². The number of rotatable bonds is 3. The zero-order chi connectivity index (χ0) is 14.7. The number of amides is 1. The van der Waals surface area contributed by atoms with Gasteiger partial charge >= 0.3 is 0 Å². The maximum Gasteiger partial charge on any atom is 0.259 e. The van der Waals surface area contributed by atoms with Gasteiger partial charge in [0.15, 0.2) is 0 Å². The van der Waals surface area contributed by atoms with E-state index in [1.54, 1.807) is 7.05 Å². The quantitative estimate of drug-likeness (QED) is 0.903. The molecule has 0 aliphatic carbocycles. The Labute approximate surface area is 117 Å². The van der Waals surface area contributed by atoms with Crippen LogP contribution in [0.1, 0.15) is 21.5 Å². The summed E-state index contributed by atoms with van der Waals surface area (Å²) in [7, 11) is 1.63. The molecule has 1 aromatic heterocycles. The minimum absolute atomic E-state index is 0.176. The van der Waals surface area contributed by atoms with Crippen molar-refractivity contribution in [2.24, 2.45) is 0 Å². The molecule has 2 rings (SSSR count). The number of hydrogen-bond donors (Lipinski definition) is 2. The van der Waals surface area contributed by atoms with Gasteiger partial charge < -0.3 is 10.6 Å². The van der Waals surface area contributed by atoms with E-state index in [1.165, 1.54) is 6.07 Å². The van der Waals surface area contributed by atoms with Crippen molar-refractivity contribution in [3.63, 3.8) is 0 Å². The molecule has 2 N–H and O–H groups in total. The molecule has 4 nitrogen and oxygen atoms in total. The number of carbonyl (C=O) groups is 1. The molecular formula is C15H16FN3O. The Bertz CT molecular complexity index is 635. The van der Waals surface area contributed by atoms with E-state index in [1.807, 2.05) is 32.0 Å². The van der Waals surface area contributed by atoms with Gasteiger partial charge in [-0.25, -0.2) is 9.37 Å². The average molecular weight is 273 g/mol. The van der Waals surface area contributed by atoms with E-state index in [0.29, 0.717) is 5.82 Å². The standard InChI is InChI=1S/C15H16FN3O/c1-9-5-4-6-10(2)13(9)19-15(20)12-7-11(16)8-18-14(12)17-3/h4-8H,1-3H3,(H,17,18)(H,19,20). The third kappa shape index (κ3) is 2.77. The second-order valence-electron chi connectivity index (χ2n) is 4.52. The lowest BCUT2D eigenvalue weighted by atomic mass is 10.1. The van der Waals surface area contributed by atoms with Crippen molar-refractivity contribution in [1.29, 1.82) is 0 Å². The smallest absolute Gasteiger partial charge is 0.259 e. The predicted octanol–water partition coefficient (Wildman–Crippen LogP) is 3.13. The van der Waals surface area contributed by atoms with Crippen molar-refractivity contribution in [3.8, 4) is 0 Å². The number of hydrogen-bond acceptors (Lipinski definition) is 3. The Morgan fingerprint density at radius 3 is 2.50 bits per heavy atom. The highest BCUT2D eigenvalue weighted by atomic mass is 19.1. The number of nitrogens with one attached hydrogen (secondary N) is 2. The summed E-state index contributed by atoms with van der Waals surface area (Å²) in [6, 6.07) is 6.90. The van der Waals surface area contributed by atoms with E-state index in [2.05, 4.69) is 15.6 Å². The monoisotopic (exact) mass is 273 g/mol. The number of aromatic nitrogens is 1. The minimum atomic E-state index is -0.546. The number of carbonyl (C=O) groups excluding carboxylic acids is 1. The van der Waals surface area contributed by atoms with Gasteiger partial charge in [-0.1, -0.05) is 18.2 Å². The molecule has 1 aromatic carbocycles. The molecule has 20 heavy (non-hydrogen) atoms. The summed E-state index contributed by atoms with van der Waals surface area (Å²) in [5.41, 5.74) is 2.82. The van der Waals surface area contributed by atoms with Crippen LogP contribution in [0.3, 0.4) is 0 Å². The van der Waals surface area contributed by atoms with Crippen LogP contribution >= 0.6 is 0 Å². The van der Waals surface area contributed by atoms with Crippen LogP contribution in [0.2, 0.25) is 0 Å². The van der Waals surface area contributed by atoms with Gasteiger partial charge in [-0.3, -0.25) is 4.79 Å². The first-order chi connectivity index (χ1) is 9.52. The molecule has 5 heteroatoms. The van der Waals surface area contributed by atoms with Crippen LogP contribution in [-0.4, -0.2) is 17.9 Å². The van der Waals surface area contributed by atoms with Gasteiger partial charge in [-0.05, 0) is 31.0 Å². The van der Waals surface area contributed by atoms with Crippen molar-refractivity contribution < 1.29 is 9.18 Å². The van der Waals surface area contributed by atoms with Crippen LogP contribution in [0.15, 0.2) is 30.5 Å². The van der Waals surface area contributed by atoms with Gasteiger partial charge in [0.2, 0.25) is 0 Å². The van der Waals surface area contributed by atoms with Crippen molar-refractivity contribution in [2.75, 3.05) is 17.7 Å². The number of aryl methyl sites for hydroxylation is 2. The molecule has 2 aromatic rings. The summed E-state index contributed by atoms with van der Waals surface area (Å²) in [6.45, 7) is 3.82. The summed E-state index contributed by atoms with van der Waals surface area (Å²) >= 11 is 0. The number of para-hydroxylation sites is 1. The first kappa shape index (κ1) is 14.0. The second kappa shape index (κ2) is 5.69. The van der Waals surface area contributed by atoms with Crippen LogP contribution in [-0.2, 0) is 0 Å². The van der Waals surface area contributed by atoms with E-state index >= 15 is 0 Å². The number of anilines is 2. The van der Waals surface area contributed by atoms with Gasteiger partial charge in [0.05, 0.1) is 11.8 Å². The Kier molecular flexibility index (Phi) is 3.98. The molecule has 0 radical (unpaired) electrons. The minimum Gasteiger partial charge on any atom is -0.372 e. The summed E-state index contributed by atoms with van der Waals surface area (Å²) in [6.07, 6.45) is 1.07. The molecule has 0 bridgehead atoms. The average Bonchev–Trinajstić information content (AvgIpc) is 2.43. The Morgan fingerprint density at radius 1 is 1.25 bits per heavy atom. The molecule has 0 saturated heterocycles. The first-order valence-corrected chi connectivity index (χ1v) is 6.23. The third-order valence-electron chi connectivity index (χ3n) is 3.06. The summed E-state index contributed by atoms with van der Waals surface area (Å²) in [4.78, 5) is 16.2. The van der Waals surface area contributed by atoms with E-state index in [9.17, 15) is 9.18 Å². The molecular weight excluding hydrogens is 257 g/mol. The Balaban J connectivity index is 2.35. The molecule has 104 valence electrons. The van der Waals surface area contributed by atoms with Crippen molar-refractivity contribution in [2.45, 2.75) is 13.8 Å². The van der Waals surface area contributed by atoms with E-state index < -0.39 is 11.7 Å². The molecule has 0 aliphatic heterocycles.